The molecule has 0 spiro atoms. The van der Waals surface area contributed by atoms with Gasteiger partial charge in [-0.15, -0.1) is 0 Å². The van der Waals surface area contributed by atoms with Gasteiger partial charge in [0.1, 0.15) is 12.4 Å². The number of carboxylic acids is 1. The van der Waals surface area contributed by atoms with E-state index in [9.17, 15) is 18.0 Å². The van der Waals surface area contributed by atoms with Crippen molar-refractivity contribution in [2.45, 2.75) is 25.1 Å². The largest absolute Gasteiger partial charge is 0.492 e. The van der Waals surface area contributed by atoms with Crippen molar-refractivity contribution in [3.8, 4) is 5.75 Å². The van der Waals surface area contributed by atoms with Crippen molar-refractivity contribution < 1.29 is 27.8 Å². The SMILES string of the molecule is O=C(O)c1ccc(OCCN(CC(F)(F)F)C2CC2)cc1. The van der Waals surface area contributed by atoms with Crippen molar-refractivity contribution in [2.24, 2.45) is 0 Å². The zero-order valence-corrected chi connectivity index (χ0v) is 11.3. The lowest BCUT2D eigenvalue weighted by Crippen LogP contribution is -2.38. The topological polar surface area (TPSA) is 49.8 Å². The van der Waals surface area contributed by atoms with Crippen LogP contribution in [0, 0.1) is 0 Å². The average Bonchev–Trinajstić information content (AvgIpc) is 3.21. The van der Waals surface area contributed by atoms with E-state index in [2.05, 4.69) is 0 Å². The Hall–Kier alpha value is -1.76. The van der Waals surface area contributed by atoms with E-state index in [1.165, 1.54) is 29.2 Å². The van der Waals surface area contributed by atoms with Crippen LogP contribution in [0.3, 0.4) is 0 Å². The molecule has 116 valence electrons. The van der Waals surface area contributed by atoms with E-state index in [0.717, 1.165) is 12.8 Å². The maximum absolute atomic E-state index is 12.4. The summed E-state index contributed by atoms with van der Waals surface area (Å²) < 4.78 is 42.6. The summed E-state index contributed by atoms with van der Waals surface area (Å²) in [4.78, 5) is 12.1. The van der Waals surface area contributed by atoms with Gasteiger partial charge in [0.2, 0.25) is 0 Å². The number of halogens is 3. The number of hydrogen-bond acceptors (Lipinski definition) is 3. The molecular formula is C14H16F3NO3. The number of alkyl halides is 3. The third kappa shape index (κ3) is 5.26. The van der Waals surface area contributed by atoms with Gasteiger partial charge in [-0.1, -0.05) is 0 Å². The number of benzene rings is 1. The summed E-state index contributed by atoms with van der Waals surface area (Å²) in [5, 5.41) is 8.75. The van der Waals surface area contributed by atoms with Crippen LogP contribution in [0.5, 0.6) is 5.75 Å². The molecule has 21 heavy (non-hydrogen) atoms. The first-order chi connectivity index (χ1) is 9.85. The molecule has 4 nitrogen and oxygen atoms in total. The van der Waals surface area contributed by atoms with Crippen LogP contribution in [0.2, 0.25) is 0 Å². The van der Waals surface area contributed by atoms with Gasteiger partial charge in [0, 0.05) is 12.6 Å². The van der Waals surface area contributed by atoms with Crippen molar-refractivity contribution in [2.75, 3.05) is 19.7 Å². The minimum absolute atomic E-state index is 0.00427. The Labute approximate surface area is 120 Å². The van der Waals surface area contributed by atoms with E-state index >= 15 is 0 Å². The number of carboxylic acid groups (broad SMARTS) is 1. The first-order valence-electron chi connectivity index (χ1n) is 6.62. The molecule has 1 N–H and O–H groups in total. The van der Waals surface area contributed by atoms with Crippen LogP contribution in [-0.4, -0.2) is 47.9 Å². The number of rotatable bonds is 7. The second kappa shape index (κ2) is 6.34. The van der Waals surface area contributed by atoms with Gasteiger partial charge in [0.25, 0.3) is 0 Å². The van der Waals surface area contributed by atoms with Crippen LogP contribution in [0.25, 0.3) is 0 Å². The average molecular weight is 303 g/mol. The molecule has 0 unspecified atom stereocenters. The van der Waals surface area contributed by atoms with Crippen molar-refractivity contribution in [3.63, 3.8) is 0 Å². The van der Waals surface area contributed by atoms with Crippen molar-refractivity contribution in [1.82, 2.24) is 4.90 Å². The van der Waals surface area contributed by atoms with E-state index in [1.807, 2.05) is 0 Å². The third-order valence-corrected chi connectivity index (χ3v) is 3.19. The van der Waals surface area contributed by atoms with Crippen LogP contribution in [0.4, 0.5) is 13.2 Å². The summed E-state index contributed by atoms with van der Waals surface area (Å²) in [6, 6.07) is 5.78. The quantitative estimate of drug-likeness (QED) is 0.841. The molecule has 1 aliphatic carbocycles. The highest BCUT2D eigenvalue weighted by atomic mass is 19.4. The fourth-order valence-electron chi connectivity index (χ4n) is 2.04. The number of ether oxygens (including phenoxy) is 1. The summed E-state index contributed by atoms with van der Waals surface area (Å²) in [5.74, 6) is -0.589. The number of hydrogen-bond donors (Lipinski definition) is 1. The summed E-state index contributed by atoms with van der Waals surface area (Å²) >= 11 is 0. The lowest BCUT2D eigenvalue weighted by atomic mass is 10.2. The van der Waals surface area contributed by atoms with Crippen LogP contribution in [0.15, 0.2) is 24.3 Å². The van der Waals surface area contributed by atoms with E-state index in [0.29, 0.717) is 5.75 Å². The molecule has 0 radical (unpaired) electrons. The molecule has 1 aromatic rings. The molecule has 0 aromatic heterocycles. The van der Waals surface area contributed by atoms with Crippen LogP contribution < -0.4 is 4.74 Å². The predicted molar refractivity (Wildman–Crippen MR) is 69.5 cm³/mol. The molecule has 0 heterocycles. The maximum Gasteiger partial charge on any atom is 0.401 e. The van der Waals surface area contributed by atoms with E-state index in [4.69, 9.17) is 9.84 Å². The number of aromatic carboxylic acids is 1. The van der Waals surface area contributed by atoms with E-state index in [-0.39, 0.29) is 24.8 Å². The Balaban J connectivity index is 1.80. The molecule has 7 heteroatoms. The lowest BCUT2D eigenvalue weighted by molar-refractivity contribution is -0.147. The maximum atomic E-state index is 12.4. The summed E-state index contributed by atoms with van der Waals surface area (Å²) in [7, 11) is 0. The first kappa shape index (κ1) is 15.6. The second-order valence-electron chi connectivity index (χ2n) is 4.99. The predicted octanol–water partition coefficient (Wildman–Crippen LogP) is 2.79. The molecule has 1 saturated carbocycles. The Morgan fingerprint density at radius 3 is 2.38 bits per heavy atom. The monoisotopic (exact) mass is 303 g/mol. The summed E-state index contributed by atoms with van der Waals surface area (Å²) in [5.41, 5.74) is 0.138. The number of nitrogens with zero attached hydrogens (tertiary/aromatic N) is 1. The summed E-state index contributed by atoms with van der Waals surface area (Å²) in [6.45, 7) is -0.581. The standard InChI is InChI=1S/C14H16F3NO3/c15-14(16,17)9-18(11-3-4-11)7-8-21-12-5-1-10(2-6-12)13(19)20/h1-2,5-6,11H,3-4,7-9H2,(H,19,20). The molecule has 0 amide bonds. The molecule has 0 bridgehead atoms. The Morgan fingerprint density at radius 2 is 1.90 bits per heavy atom. The molecular weight excluding hydrogens is 287 g/mol. The smallest absolute Gasteiger partial charge is 0.401 e. The minimum atomic E-state index is -4.20. The highest BCUT2D eigenvalue weighted by Crippen LogP contribution is 2.29. The van der Waals surface area contributed by atoms with E-state index in [1.54, 1.807) is 0 Å². The van der Waals surface area contributed by atoms with Crippen LogP contribution in [-0.2, 0) is 0 Å². The zero-order valence-electron chi connectivity index (χ0n) is 11.3. The van der Waals surface area contributed by atoms with Gasteiger partial charge in [-0.2, -0.15) is 13.2 Å². The molecule has 2 rings (SSSR count). The van der Waals surface area contributed by atoms with Crippen molar-refractivity contribution in [1.29, 1.82) is 0 Å². The Bertz CT molecular complexity index is 483. The van der Waals surface area contributed by atoms with Gasteiger partial charge in [-0.25, -0.2) is 4.79 Å². The van der Waals surface area contributed by atoms with E-state index < -0.39 is 18.7 Å². The highest BCUT2D eigenvalue weighted by molar-refractivity contribution is 5.87. The lowest BCUT2D eigenvalue weighted by Gasteiger charge is -2.23. The molecule has 1 aliphatic rings. The molecule has 1 aromatic carbocycles. The van der Waals surface area contributed by atoms with Gasteiger partial charge in [0.15, 0.2) is 0 Å². The van der Waals surface area contributed by atoms with Gasteiger partial charge >= 0.3 is 12.1 Å². The fourth-order valence-corrected chi connectivity index (χ4v) is 2.04. The number of carbonyl (C=O) groups is 1. The Morgan fingerprint density at radius 1 is 1.29 bits per heavy atom. The second-order valence-corrected chi connectivity index (χ2v) is 4.99. The summed E-state index contributed by atoms with van der Waals surface area (Å²) in [6.07, 6.45) is -2.61. The fraction of sp³-hybridized carbons (Fsp3) is 0.500. The Kier molecular flexibility index (Phi) is 4.72. The molecule has 0 saturated heterocycles. The highest BCUT2D eigenvalue weighted by Gasteiger charge is 2.37. The molecule has 0 atom stereocenters. The van der Waals surface area contributed by atoms with Gasteiger partial charge in [0.05, 0.1) is 12.1 Å². The van der Waals surface area contributed by atoms with Crippen LogP contribution in [0.1, 0.15) is 23.2 Å². The van der Waals surface area contributed by atoms with Crippen molar-refractivity contribution in [3.05, 3.63) is 29.8 Å². The van der Waals surface area contributed by atoms with Crippen molar-refractivity contribution >= 4 is 5.97 Å². The molecule has 0 aliphatic heterocycles. The van der Waals surface area contributed by atoms with Gasteiger partial charge < -0.3 is 9.84 Å². The van der Waals surface area contributed by atoms with Crippen LogP contribution >= 0.6 is 0 Å². The zero-order chi connectivity index (χ0) is 15.5. The third-order valence-electron chi connectivity index (χ3n) is 3.19. The minimum Gasteiger partial charge on any atom is -0.492 e. The normalized spacial score (nSPS) is 15.2. The van der Waals surface area contributed by atoms with Gasteiger partial charge in [-0.3, -0.25) is 4.90 Å². The first-order valence-corrected chi connectivity index (χ1v) is 6.62. The molecule has 1 fully saturated rings. The van der Waals surface area contributed by atoms with Gasteiger partial charge in [-0.05, 0) is 37.1 Å².